The van der Waals surface area contributed by atoms with Crippen molar-refractivity contribution in [1.29, 1.82) is 0 Å². The summed E-state index contributed by atoms with van der Waals surface area (Å²) in [7, 11) is 0. The number of hydrogen-bond donors (Lipinski definition) is 0. The molecule has 0 N–H and O–H groups in total. The summed E-state index contributed by atoms with van der Waals surface area (Å²) in [6, 6.07) is 18.4. The Balaban J connectivity index is 2.08. The number of carbonyl (C=O) groups is 1. The average Bonchev–Trinajstić information content (AvgIpc) is 2.83. The summed E-state index contributed by atoms with van der Waals surface area (Å²) in [5, 5.41) is 0. The molecule has 1 unspecified atom stereocenters. The number of ketones is 1. The first-order valence-corrected chi connectivity index (χ1v) is 6.95. The first kappa shape index (κ1) is 13.6. The zero-order chi connectivity index (χ0) is 14.5. The van der Waals surface area contributed by atoms with Gasteiger partial charge >= 0.3 is 5.79 Å². The lowest BCUT2D eigenvalue weighted by Crippen LogP contribution is -2.40. The number of hydrogen-bond acceptors (Lipinski definition) is 3. The van der Waals surface area contributed by atoms with Gasteiger partial charge in [0.1, 0.15) is 0 Å². The molecule has 0 saturated heterocycles. The molecular weight excluding hydrogens is 264 g/mol. The molecule has 0 spiro atoms. The average molecular weight is 280 g/mol. The molecule has 0 aliphatic carbocycles. The first-order chi connectivity index (χ1) is 10.3. The van der Waals surface area contributed by atoms with Crippen molar-refractivity contribution < 1.29 is 14.3 Å². The predicted octanol–water partition coefficient (Wildman–Crippen LogP) is 3.67. The second-order valence-electron chi connectivity index (χ2n) is 4.80. The molecule has 2 aromatic rings. The number of benzene rings is 2. The van der Waals surface area contributed by atoms with Crippen molar-refractivity contribution in [2.45, 2.75) is 12.2 Å². The molecule has 0 bridgehead atoms. The number of carbonyl (C=O) groups excluding carboxylic acids is 1. The van der Waals surface area contributed by atoms with E-state index in [1.807, 2.05) is 54.6 Å². The molecule has 1 aliphatic rings. The highest BCUT2D eigenvalue weighted by Crippen LogP contribution is 2.33. The van der Waals surface area contributed by atoms with Crippen LogP contribution in [0.2, 0.25) is 0 Å². The van der Waals surface area contributed by atoms with Crippen molar-refractivity contribution in [1.82, 2.24) is 0 Å². The highest BCUT2D eigenvalue weighted by atomic mass is 16.7. The zero-order valence-electron chi connectivity index (χ0n) is 11.6. The fourth-order valence-corrected chi connectivity index (χ4v) is 2.36. The van der Waals surface area contributed by atoms with Gasteiger partial charge in [0.25, 0.3) is 0 Å². The van der Waals surface area contributed by atoms with Crippen molar-refractivity contribution in [2.75, 3.05) is 6.61 Å². The van der Waals surface area contributed by atoms with Gasteiger partial charge in [-0.15, -0.1) is 0 Å². The fourth-order valence-electron chi connectivity index (χ4n) is 2.36. The van der Waals surface area contributed by atoms with Gasteiger partial charge in [-0.2, -0.15) is 0 Å². The summed E-state index contributed by atoms with van der Waals surface area (Å²) in [6.07, 6.45) is 4.14. The van der Waals surface area contributed by atoms with E-state index in [2.05, 4.69) is 0 Å². The molecule has 3 nitrogen and oxygen atoms in total. The van der Waals surface area contributed by atoms with Crippen molar-refractivity contribution >= 4 is 5.78 Å². The van der Waals surface area contributed by atoms with Gasteiger partial charge in [0.15, 0.2) is 0 Å². The van der Waals surface area contributed by atoms with Crippen molar-refractivity contribution in [3.63, 3.8) is 0 Å². The minimum Gasteiger partial charge on any atom is -0.459 e. The Bertz CT molecular complexity index is 634. The van der Waals surface area contributed by atoms with E-state index in [1.54, 1.807) is 18.4 Å². The summed E-state index contributed by atoms with van der Waals surface area (Å²) >= 11 is 0. The quantitative estimate of drug-likeness (QED) is 0.805. The smallest absolute Gasteiger partial charge is 0.301 e. The van der Waals surface area contributed by atoms with Crippen LogP contribution in [0.4, 0.5) is 0 Å². The van der Waals surface area contributed by atoms with Crippen LogP contribution in [0.5, 0.6) is 0 Å². The van der Waals surface area contributed by atoms with E-state index in [-0.39, 0.29) is 5.78 Å². The van der Waals surface area contributed by atoms with Gasteiger partial charge in [0, 0.05) is 11.1 Å². The maximum Gasteiger partial charge on any atom is 0.301 e. The predicted molar refractivity (Wildman–Crippen MR) is 79.7 cm³/mol. The zero-order valence-corrected chi connectivity index (χ0v) is 11.6. The minimum absolute atomic E-state index is 0.194. The van der Waals surface area contributed by atoms with Crippen molar-refractivity contribution in [2.24, 2.45) is 0 Å². The molecule has 106 valence electrons. The van der Waals surface area contributed by atoms with E-state index < -0.39 is 5.79 Å². The van der Waals surface area contributed by atoms with Gasteiger partial charge in [-0.3, -0.25) is 4.79 Å². The van der Waals surface area contributed by atoms with Crippen LogP contribution < -0.4 is 0 Å². The molecule has 0 radical (unpaired) electrons. The third kappa shape index (κ3) is 2.60. The topological polar surface area (TPSA) is 35.5 Å². The fraction of sp³-hybridized carbons (Fsp3) is 0.167. The third-order valence-corrected chi connectivity index (χ3v) is 3.41. The number of ether oxygens (including phenoxy) is 2. The van der Waals surface area contributed by atoms with E-state index >= 15 is 0 Å². The van der Waals surface area contributed by atoms with E-state index in [4.69, 9.17) is 9.47 Å². The number of Topliss-reactive ketones (excluding diaryl/α,β-unsaturated/α-hetero) is 1. The van der Waals surface area contributed by atoms with Crippen LogP contribution in [-0.2, 0) is 15.3 Å². The summed E-state index contributed by atoms with van der Waals surface area (Å²) in [6.45, 7) is 0.434. The second kappa shape index (κ2) is 5.94. The lowest BCUT2D eigenvalue weighted by atomic mass is 9.96. The van der Waals surface area contributed by atoms with Gasteiger partial charge in [-0.05, 0) is 12.5 Å². The Morgan fingerprint density at radius 2 is 1.62 bits per heavy atom. The van der Waals surface area contributed by atoms with Gasteiger partial charge in [-0.1, -0.05) is 60.7 Å². The standard InChI is InChI=1S/C18H16O3/c19-17(15-9-3-1-4-10-15)18(16-11-5-2-6-12-16)20-13-7-8-14-21-18/h1-7,9-13H,8,14H2. The molecule has 1 aliphatic heterocycles. The lowest BCUT2D eigenvalue weighted by molar-refractivity contribution is -0.172. The van der Waals surface area contributed by atoms with E-state index in [0.29, 0.717) is 17.7 Å². The lowest BCUT2D eigenvalue weighted by Gasteiger charge is -2.30. The number of rotatable bonds is 3. The Kier molecular flexibility index (Phi) is 3.84. The molecule has 2 aromatic carbocycles. The summed E-state index contributed by atoms with van der Waals surface area (Å²) in [5.74, 6) is -1.60. The molecule has 1 atom stereocenters. The maximum absolute atomic E-state index is 13.0. The first-order valence-electron chi connectivity index (χ1n) is 6.95. The molecule has 21 heavy (non-hydrogen) atoms. The minimum atomic E-state index is -1.41. The Labute approximate surface area is 123 Å². The van der Waals surface area contributed by atoms with Crippen LogP contribution in [0.1, 0.15) is 22.3 Å². The summed E-state index contributed by atoms with van der Waals surface area (Å²) in [5.41, 5.74) is 1.27. The monoisotopic (exact) mass is 280 g/mol. The summed E-state index contributed by atoms with van der Waals surface area (Å²) in [4.78, 5) is 13.0. The van der Waals surface area contributed by atoms with E-state index in [1.165, 1.54) is 0 Å². The van der Waals surface area contributed by atoms with E-state index in [9.17, 15) is 4.79 Å². The molecule has 3 heteroatoms. The molecule has 1 heterocycles. The third-order valence-electron chi connectivity index (χ3n) is 3.41. The van der Waals surface area contributed by atoms with Crippen LogP contribution in [0.15, 0.2) is 73.0 Å². The Morgan fingerprint density at radius 1 is 0.952 bits per heavy atom. The molecule has 0 saturated carbocycles. The second-order valence-corrected chi connectivity index (χ2v) is 4.80. The highest BCUT2D eigenvalue weighted by molar-refractivity contribution is 6.02. The maximum atomic E-state index is 13.0. The van der Waals surface area contributed by atoms with Crippen molar-refractivity contribution in [3.05, 3.63) is 84.1 Å². The Morgan fingerprint density at radius 3 is 2.33 bits per heavy atom. The van der Waals surface area contributed by atoms with Gasteiger partial charge in [-0.25, -0.2) is 0 Å². The SMILES string of the molecule is O=C(c1ccccc1)C1(c2ccccc2)OC=CCCO1. The highest BCUT2D eigenvalue weighted by Gasteiger charge is 2.44. The van der Waals surface area contributed by atoms with Crippen LogP contribution in [0.3, 0.4) is 0 Å². The van der Waals surface area contributed by atoms with Gasteiger partial charge in [0.2, 0.25) is 5.78 Å². The Hall–Kier alpha value is -2.39. The molecule has 0 fully saturated rings. The molecule has 3 rings (SSSR count). The molecule has 0 amide bonds. The normalized spacial score (nSPS) is 21.3. The summed E-state index contributed by atoms with van der Waals surface area (Å²) < 4.78 is 11.6. The van der Waals surface area contributed by atoms with Crippen LogP contribution >= 0.6 is 0 Å². The van der Waals surface area contributed by atoms with Gasteiger partial charge in [0.05, 0.1) is 12.9 Å². The van der Waals surface area contributed by atoms with Crippen LogP contribution in [-0.4, -0.2) is 12.4 Å². The van der Waals surface area contributed by atoms with E-state index in [0.717, 1.165) is 6.42 Å². The van der Waals surface area contributed by atoms with Crippen molar-refractivity contribution in [3.8, 4) is 0 Å². The van der Waals surface area contributed by atoms with Gasteiger partial charge < -0.3 is 9.47 Å². The van der Waals surface area contributed by atoms with Crippen LogP contribution in [0, 0.1) is 0 Å². The molecular formula is C18H16O3. The van der Waals surface area contributed by atoms with Crippen LogP contribution in [0.25, 0.3) is 0 Å². The largest absolute Gasteiger partial charge is 0.459 e. The molecule has 0 aromatic heterocycles.